The summed E-state index contributed by atoms with van der Waals surface area (Å²) in [6.45, 7) is 8.34. The van der Waals surface area contributed by atoms with E-state index in [9.17, 15) is 0 Å². The van der Waals surface area contributed by atoms with Crippen LogP contribution in [0.1, 0.15) is 45.1 Å². The van der Waals surface area contributed by atoms with E-state index >= 15 is 0 Å². The van der Waals surface area contributed by atoms with Crippen molar-refractivity contribution in [1.29, 1.82) is 0 Å². The van der Waals surface area contributed by atoms with Crippen LogP contribution in [-0.4, -0.2) is 14.8 Å². The quantitative estimate of drug-likeness (QED) is 0.817. The zero-order valence-corrected chi connectivity index (χ0v) is 13.0. The van der Waals surface area contributed by atoms with Gasteiger partial charge in [-0.2, -0.15) is 0 Å². The molecule has 1 heterocycles. The zero-order chi connectivity index (χ0) is 14.2. The van der Waals surface area contributed by atoms with Crippen LogP contribution in [0.5, 0.6) is 0 Å². The van der Waals surface area contributed by atoms with E-state index in [0.29, 0.717) is 10.3 Å². The first-order valence-electron chi connectivity index (χ1n) is 6.17. The van der Waals surface area contributed by atoms with Crippen LogP contribution < -0.4 is 0 Å². The molecule has 0 radical (unpaired) electrons. The Morgan fingerprint density at radius 1 is 1.16 bits per heavy atom. The summed E-state index contributed by atoms with van der Waals surface area (Å²) >= 11 is 12.2. The van der Waals surface area contributed by atoms with Crippen LogP contribution >= 0.6 is 23.2 Å². The molecule has 0 aliphatic rings. The minimum absolute atomic E-state index is 0.0374. The zero-order valence-electron chi connectivity index (χ0n) is 11.5. The van der Waals surface area contributed by atoms with Crippen LogP contribution in [0, 0.1) is 0 Å². The van der Waals surface area contributed by atoms with Crippen molar-refractivity contribution in [3.63, 3.8) is 0 Å². The Morgan fingerprint density at radius 3 is 2.42 bits per heavy atom. The normalized spacial score (nSPS) is 13.6. The molecule has 1 atom stereocenters. The van der Waals surface area contributed by atoms with Gasteiger partial charge in [0, 0.05) is 10.4 Å². The maximum atomic E-state index is 6.19. The second-order valence-corrected chi connectivity index (χ2v) is 6.42. The van der Waals surface area contributed by atoms with E-state index in [4.69, 9.17) is 23.2 Å². The summed E-state index contributed by atoms with van der Waals surface area (Å²) in [5, 5.41) is 9.32. The van der Waals surface area contributed by atoms with Gasteiger partial charge in [0.05, 0.1) is 6.04 Å². The molecule has 19 heavy (non-hydrogen) atoms. The number of rotatable bonds is 2. The fraction of sp³-hybridized carbons (Fsp3) is 0.429. The minimum atomic E-state index is -0.118. The van der Waals surface area contributed by atoms with Crippen LogP contribution in [0.4, 0.5) is 0 Å². The molecule has 0 saturated heterocycles. The lowest BCUT2D eigenvalue weighted by Crippen LogP contribution is -2.21. The van der Waals surface area contributed by atoms with Gasteiger partial charge in [-0.1, -0.05) is 44.5 Å². The molecule has 0 amide bonds. The Hall–Kier alpha value is -1.06. The number of nitrogens with zero attached hydrogens (tertiary/aromatic N) is 3. The monoisotopic (exact) mass is 297 g/mol. The first-order chi connectivity index (χ1) is 8.80. The topological polar surface area (TPSA) is 30.7 Å². The highest BCUT2D eigenvalue weighted by atomic mass is 35.5. The summed E-state index contributed by atoms with van der Waals surface area (Å²) in [6, 6.07) is 7.80. The molecule has 0 spiro atoms. The van der Waals surface area contributed by atoms with Crippen LogP contribution in [0.2, 0.25) is 10.3 Å². The average molecular weight is 298 g/mol. The molecule has 0 aliphatic carbocycles. The lowest BCUT2D eigenvalue weighted by atomic mass is 9.95. The third kappa shape index (κ3) is 2.93. The van der Waals surface area contributed by atoms with Gasteiger partial charge in [-0.25, -0.2) is 0 Å². The fourth-order valence-corrected chi connectivity index (χ4v) is 2.51. The van der Waals surface area contributed by atoms with Crippen molar-refractivity contribution < 1.29 is 0 Å². The van der Waals surface area contributed by atoms with Crippen molar-refractivity contribution in [2.75, 3.05) is 0 Å². The van der Waals surface area contributed by atoms with Gasteiger partial charge >= 0.3 is 0 Å². The predicted octanol–water partition coefficient (Wildman–Crippen LogP) is 4.49. The predicted molar refractivity (Wildman–Crippen MR) is 79.0 cm³/mol. The van der Waals surface area contributed by atoms with Crippen LogP contribution in [0.15, 0.2) is 24.3 Å². The molecule has 0 bridgehead atoms. The Balaban J connectivity index is 2.50. The second kappa shape index (κ2) is 5.14. The standard InChI is InChI=1S/C14H17Cl2N3/c1-9(10-6-5-7-11(15)8-10)19-12(14(2,3)4)17-18-13(19)16/h5-9H,1-4H3. The van der Waals surface area contributed by atoms with Crippen molar-refractivity contribution in [2.24, 2.45) is 0 Å². The highest BCUT2D eigenvalue weighted by molar-refractivity contribution is 6.30. The smallest absolute Gasteiger partial charge is 0.225 e. The van der Waals surface area contributed by atoms with Crippen molar-refractivity contribution in [3.8, 4) is 0 Å². The van der Waals surface area contributed by atoms with Crippen molar-refractivity contribution >= 4 is 23.2 Å². The second-order valence-electron chi connectivity index (χ2n) is 5.64. The number of hydrogen-bond donors (Lipinski definition) is 0. The Labute approximate surface area is 123 Å². The van der Waals surface area contributed by atoms with Gasteiger partial charge in [-0.3, -0.25) is 4.57 Å². The van der Waals surface area contributed by atoms with Crippen molar-refractivity contribution in [3.05, 3.63) is 46.0 Å². The van der Waals surface area contributed by atoms with Gasteiger partial charge in [0.15, 0.2) is 0 Å². The third-order valence-corrected chi connectivity index (χ3v) is 3.54. The van der Waals surface area contributed by atoms with Gasteiger partial charge in [0.25, 0.3) is 0 Å². The summed E-state index contributed by atoms with van der Waals surface area (Å²) < 4.78 is 1.95. The molecule has 2 aromatic rings. The van der Waals surface area contributed by atoms with Crippen molar-refractivity contribution in [2.45, 2.75) is 39.2 Å². The first kappa shape index (κ1) is 14.4. The molecule has 2 rings (SSSR count). The molecule has 1 aromatic heterocycles. The van der Waals surface area contributed by atoms with E-state index in [2.05, 4.69) is 37.9 Å². The maximum Gasteiger partial charge on any atom is 0.225 e. The average Bonchev–Trinajstić information content (AvgIpc) is 2.70. The number of benzene rings is 1. The first-order valence-corrected chi connectivity index (χ1v) is 6.92. The molecular formula is C14H17Cl2N3. The molecular weight excluding hydrogens is 281 g/mol. The van der Waals surface area contributed by atoms with Crippen LogP contribution in [-0.2, 0) is 5.41 Å². The third-order valence-electron chi connectivity index (χ3n) is 3.04. The van der Waals surface area contributed by atoms with E-state index < -0.39 is 0 Å². The molecule has 0 N–H and O–H groups in total. The Morgan fingerprint density at radius 2 is 1.84 bits per heavy atom. The maximum absolute atomic E-state index is 6.19. The summed E-state index contributed by atoms with van der Waals surface area (Å²) in [5.74, 6) is 0.866. The van der Waals surface area contributed by atoms with Gasteiger partial charge in [0.1, 0.15) is 5.82 Å². The molecule has 102 valence electrons. The van der Waals surface area contributed by atoms with Gasteiger partial charge in [0.2, 0.25) is 5.28 Å². The number of aromatic nitrogens is 3. The van der Waals surface area contributed by atoms with E-state index in [-0.39, 0.29) is 11.5 Å². The molecule has 3 nitrogen and oxygen atoms in total. The van der Waals surface area contributed by atoms with Gasteiger partial charge in [-0.15, -0.1) is 10.2 Å². The summed E-state index contributed by atoms with van der Waals surface area (Å²) in [7, 11) is 0. The highest BCUT2D eigenvalue weighted by Crippen LogP contribution is 2.30. The van der Waals surface area contributed by atoms with Crippen LogP contribution in [0.25, 0.3) is 0 Å². The van der Waals surface area contributed by atoms with Crippen molar-refractivity contribution in [1.82, 2.24) is 14.8 Å². The van der Waals surface area contributed by atoms with E-state index in [1.807, 2.05) is 28.8 Å². The summed E-state index contributed by atoms with van der Waals surface area (Å²) in [6.07, 6.45) is 0. The molecule has 0 saturated carbocycles. The minimum Gasteiger partial charge on any atom is -0.294 e. The molecule has 1 aromatic carbocycles. The molecule has 0 aliphatic heterocycles. The summed E-state index contributed by atoms with van der Waals surface area (Å²) in [4.78, 5) is 0. The van der Waals surface area contributed by atoms with Gasteiger partial charge < -0.3 is 0 Å². The molecule has 5 heteroatoms. The SMILES string of the molecule is CC(c1cccc(Cl)c1)n1c(Cl)nnc1C(C)(C)C. The largest absolute Gasteiger partial charge is 0.294 e. The lowest BCUT2D eigenvalue weighted by molar-refractivity contribution is 0.481. The Bertz CT molecular complexity index is 585. The van der Waals surface area contributed by atoms with Gasteiger partial charge in [-0.05, 0) is 36.2 Å². The Kier molecular flexibility index (Phi) is 3.88. The lowest BCUT2D eigenvalue weighted by Gasteiger charge is -2.23. The number of hydrogen-bond acceptors (Lipinski definition) is 2. The van der Waals surface area contributed by atoms with E-state index in [0.717, 1.165) is 11.4 Å². The van der Waals surface area contributed by atoms with E-state index in [1.54, 1.807) is 0 Å². The summed E-state index contributed by atoms with van der Waals surface area (Å²) in [5.41, 5.74) is 0.965. The fourth-order valence-electron chi connectivity index (χ4n) is 2.04. The molecule has 0 fully saturated rings. The highest BCUT2D eigenvalue weighted by Gasteiger charge is 2.26. The van der Waals surface area contributed by atoms with Crippen LogP contribution in [0.3, 0.4) is 0 Å². The number of halogens is 2. The molecule has 1 unspecified atom stereocenters. The van der Waals surface area contributed by atoms with E-state index in [1.165, 1.54) is 0 Å².